The van der Waals surface area contributed by atoms with Gasteiger partial charge in [0.05, 0.1) is 5.51 Å². The van der Waals surface area contributed by atoms with Crippen LogP contribution in [0.1, 0.15) is 17.7 Å². The van der Waals surface area contributed by atoms with Crippen molar-refractivity contribution >= 4 is 11.3 Å². The SMILES string of the molecule is COCCCC(N)CNCc1cncs1. The Kier molecular flexibility index (Phi) is 6.50. The third-order valence-electron chi connectivity index (χ3n) is 2.11. The van der Waals surface area contributed by atoms with Crippen molar-refractivity contribution in [3.05, 3.63) is 16.6 Å². The van der Waals surface area contributed by atoms with Crippen LogP contribution in [0.5, 0.6) is 0 Å². The zero-order valence-electron chi connectivity index (χ0n) is 9.11. The lowest BCUT2D eigenvalue weighted by atomic mass is 10.2. The lowest BCUT2D eigenvalue weighted by molar-refractivity contribution is 0.190. The Balaban J connectivity index is 1.99. The van der Waals surface area contributed by atoms with Crippen LogP contribution in [0, 0.1) is 0 Å². The molecule has 0 aliphatic heterocycles. The maximum atomic E-state index is 5.92. The van der Waals surface area contributed by atoms with Crippen molar-refractivity contribution in [2.45, 2.75) is 25.4 Å². The number of aromatic nitrogens is 1. The van der Waals surface area contributed by atoms with E-state index >= 15 is 0 Å². The van der Waals surface area contributed by atoms with Crippen molar-refractivity contribution in [1.29, 1.82) is 0 Å². The van der Waals surface area contributed by atoms with Crippen LogP contribution in [0.15, 0.2) is 11.7 Å². The highest BCUT2D eigenvalue weighted by Gasteiger charge is 2.02. The lowest BCUT2D eigenvalue weighted by Gasteiger charge is -2.11. The molecule has 0 spiro atoms. The van der Waals surface area contributed by atoms with Crippen LogP contribution < -0.4 is 11.1 Å². The number of rotatable bonds is 8. The van der Waals surface area contributed by atoms with E-state index in [9.17, 15) is 0 Å². The summed E-state index contributed by atoms with van der Waals surface area (Å²) in [5.74, 6) is 0. The molecular formula is C10H19N3OS. The molecule has 1 rings (SSSR count). The molecule has 0 saturated heterocycles. The first-order valence-corrected chi connectivity index (χ1v) is 6.03. The second-order valence-electron chi connectivity index (χ2n) is 3.49. The average molecular weight is 229 g/mol. The molecule has 1 atom stereocenters. The van der Waals surface area contributed by atoms with E-state index in [1.54, 1.807) is 18.4 Å². The molecule has 5 heteroatoms. The van der Waals surface area contributed by atoms with E-state index < -0.39 is 0 Å². The highest BCUT2D eigenvalue weighted by Crippen LogP contribution is 2.04. The molecule has 0 amide bonds. The van der Waals surface area contributed by atoms with E-state index in [1.165, 1.54) is 4.88 Å². The van der Waals surface area contributed by atoms with Gasteiger partial charge < -0.3 is 15.8 Å². The van der Waals surface area contributed by atoms with Gasteiger partial charge in [0.2, 0.25) is 0 Å². The average Bonchev–Trinajstić information content (AvgIpc) is 2.71. The first-order valence-electron chi connectivity index (χ1n) is 5.15. The van der Waals surface area contributed by atoms with E-state index in [2.05, 4.69) is 10.3 Å². The summed E-state index contributed by atoms with van der Waals surface area (Å²) in [7, 11) is 1.72. The van der Waals surface area contributed by atoms with Crippen LogP contribution in [0.25, 0.3) is 0 Å². The number of ether oxygens (including phenoxy) is 1. The first-order chi connectivity index (χ1) is 7.33. The molecule has 15 heavy (non-hydrogen) atoms. The van der Waals surface area contributed by atoms with E-state index in [0.717, 1.165) is 32.5 Å². The van der Waals surface area contributed by atoms with Gasteiger partial charge in [-0.1, -0.05) is 0 Å². The van der Waals surface area contributed by atoms with Gasteiger partial charge in [-0.3, -0.25) is 4.98 Å². The van der Waals surface area contributed by atoms with Crippen LogP contribution in [0.3, 0.4) is 0 Å². The molecule has 0 saturated carbocycles. The molecule has 1 heterocycles. The van der Waals surface area contributed by atoms with Gasteiger partial charge in [-0.2, -0.15) is 0 Å². The van der Waals surface area contributed by atoms with Crippen LogP contribution in [0.4, 0.5) is 0 Å². The highest BCUT2D eigenvalue weighted by atomic mass is 32.1. The summed E-state index contributed by atoms with van der Waals surface area (Å²) < 4.78 is 4.97. The van der Waals surface area contributed by atoms with Crippen molar-refractivity contribution < 1.29 is 4.74 Å². The molecule has 1 aromatic rings. The van der Waals surface area contributed by atoms with Crippen molar-refractivity contribution in [2.75, 3.05) is 20.3 Å². The van der Waals surface area contributed by atoms with Gasteiger partial charge in [0, 0.05) is 43.9 Å². The van der Waals surface area contributed by atoms with E-state index in [1.807, 2.05) is 11.7 Å². The van der Waals surface area contributed by atoms with Gasteiger partial charge in [-0.15, -0.1) is 11.3 Å². The third kappa shape index (κ3) is 5.84. The number of nitrogens with zero attached hydrogens (tertiary/aromatic N) is 1. The highest BCUT2D eigenvalue weighted by molar-refractivity contribution is 7.09. The molecule has 3 N–H and O–H groups in total. The smallest absolute Gasteiger partial charge is 0.0794 e. The van der Waals surface area contributed by atoms with Gasteiger partial charge in [-0.05, 0) is 12.8 Å². The van der Waals surface area contributed by atoms with Crippen LogP contribution in [-0.2, 0) is 11.3 Å². The number of methoxy groups -OCH3 is 1. The lowest BCUT2D eigenvalue weighted by Crippen LogP contribution is -2.33. The van der Waals surface area contributed by atoms with E-state index in [-0.39, 0.29) is 6.04 Å². The second-order valence-corrected chi connectivity index (χ2v) is 4.46. The summed E-state index contributed by atoms with van der Waals surface area (Å²) in [5.41, 5.74) is 7.77. The Morgan fingerprint density at radius 3 is 3.20 bits per heavy atom. The van der Waals surface area contributed by atoms with E-state index in [0.29, 0.717) is 0 Å². The van der Waals surface area contributed by atoms with Gasteiger partial charge in [0.1, 0.15) is 0 Å². The monoisotopic (exact) mass is 229 g/mol. The Morgan fingerprint density at radius 2 is 2.53 bits per heavy atom. The molecule has 0 aromatic carbocycles. The zero-order valence-corrected chi connectivity index (χ0v) is 9.93. The van der Waals surface area contributed by atoms with Gasteiger partial charge in [-0.25, -0.2) is 0 Å². The minimum Gasteiger partial charge on any atom is -0.385 e. The van der Waals surface area contributed by atoms with Crippen LogP contribution >= 0.6 is 11.3 Å². The topological polar surface area (TPSA) is 60.2 Å². The van der Waals surface area contributed by atoms with E-state index in [4.69, 9.17) is 10.5 Å². The molecule has 4 nitrogen and oxygen atoms in total. The third-order valence-corrected chi connectivity index (χ3v) is 2.89. The summed E-state index contributed by atoms with van der Waals surface area (Å²) in [6.45, 7) is 2.51. The molecule has 1 unspecified atom stereocenters. The molecule has 1 aromatic heterocycles. The molecule has 0 radical (unpaired) electrons. The minimum atomic E-state index is 0.216. The maximum Gasteiger partial charge on any atom is 0.0794 e. The summed E-state index contributed by atoms with van der Waals surface area (Å²) in [6.07, 6.45) is 3.91. The van der Waals surface area contributed by atoms with Crippen molar-refractivity contribution in [3.63, 3.8) is 0 Å². The summed E-state index contributed by atoms with van der Waals surface area (Å²) in [4.78, 5) is 5.26. The van der Waals surface area contributed by atoms with Crippen molar-refractivity contribution in [2.24, 2.45) is 5.73 Å². The Labute approximate surface area is 94.8 Å². The molecule has 0 bridgehead atoms. The largest absolute Gasteiger partial charge is 0.385 e. The van der Waals surface area contributed by atoms with Gasteiger partial charge >= 0.3 is 0 Å². The fraction of sp³-hybridized carbons (Fsp3) is 0.700. The first kappa shape index (κ1) is 12.6. The normalized spacial score (nSPS) is 12.9. The molecular weight excluding hydrogens is 210 g/mol. The fourth-order valence-electron chi connectivity index (χ4n) is 1.30. The molecule has 86 valence electrons. The summed E-state index contributed by atoms with van der Waals surface area (Å²) in [6, 6.07) is 0.216. The van der Waals surface area contributed by atoms with Gasteiger partial charge in [0.25, 0.3) is 0 Å². The standard InChI is InChI=1S/C10H19N3OS/c1-14-4-2-3-9(11)5-12-6-10-7-13-8-15-10/h7-9,12H,2-6,11H2,1H3. The summed E-state index contributed by atoms with van der Waals surface area (Å²) >= 11 is 1.66. The van der Waals surface area contributed by atoms with Crippen molar-refractivity contribution in [3.8, 4) is 0 Å². The fourth-order valence-corrected chi connectivity index (χ4v) is 1.87. The van der Waals surface area contributed by atoms with Gasteiger partial charge in [0.15, 0.2) is 0 Å². The number of nitrogens with one attached hydrogen (secondary N) is 1. The Morgan fingerprint density at radius 1 is 1.67 bits per heavy atom. The number of hydrogen-bond donors (Lipinski definition) is 2. The van der Waals surface area contributed by atoms with Crippen molar-refractivity contribution in [1.82, 2.24) is 10.3 Å². The number of nitrogens with two attached hydrogens (primary N) is 1. The van der Waals surface area contributed by atoms with Crippen LogP contribution in [-0.4, -0.2) is 31.3 Å². The number of hydrogen-bond acceptors (Lipinski definition) is 5. The predicted octanol–water partition coefficient (Wildman–Crippen LogP) is 0.987. The maximum absolute atomic E-state index is 5.92. The quantitative estimate of drug-likeness (QED) is 0.653. The number of thiazole rings is 1. The molecule has 0 aliphatic carbocycles. The predicted molar refractivity (Wildman–Crippen MR) is 62.9 cm³/mol. The zero-order chi connectivity index (χ0) is 10.9. The Bertz CT molecular complexity index is 241. The molecule has 0 aliphatic rings. The minimum absolute atomic E-state index is 0.216. The van der Waals surface area contributed by atoms with Crippen LogP contribution in [0.2, 0.25) is 0 Å². The molecule has 0 fully saturated rings. The summed E-state index contributed by atoms with van der Waals surface area (Å²) in [5, 5.41) is 3.32. The second kappa shape index (κ2) is 7.76. The Hall–Kier alpha value is -0.490.